The van der Waals surface area contributed by atoms with Gasteiger partial charge in [-0.15, -0.1) is 0 Å². The average molecular weight is 291 g/mol. The number of likely N-dealkylation sites (tertiary alicyclic amines) is 1. The molecule has 1 fully saturated rings. The van der Waals surface area contributed by atoms with Crippen LogP contribution in [-0.2, 0) is 11.2 Å². The molecule has 0 aliphatic carbocycles. The van der Waals surface area contributed by atoms with Gasteiger partial charge in [-0.25, -0.2) is 0 Å². The Kier molecular flexibility index (Phi) is 4.88. The van der Waals surface area contributed by atoms with Gasteiger partial charge in [0, 0.05) is 6.04 Å². The molecule has 1 aromatic carbocycles. The van der Waals surface area contributed by atoms with Crippen LogP contribution in [0.25, 0.3) is 0 Å². The molecule has 1 atom stereocenters. The van der Waals surface area contributed by atoms with Gasteiger partial charge in [-0.3, -0.25) is 4.79 Å². The maximum atomic E-state index is 11.3. The third kappa shape index (κ3) is 3.97. The molecule has 1 aliphatic rings. The van der Waals surface area contributed by atoms with E-state index >= 15 is 0 Å². The van der Waals surface area contributed by atoms with Crippen LogP contribution in [0.1, 0.15) is 38.7 Å². The Balaban J connectivity index is 1.81. The van der Waals surface area contributed by atoms with Crippen molar-refractivity contribution >= 4 is 5.97 Å². The van der Waals surface area contributed by atoms with Crippen LogP contribution >= 0.6 is 0 Å². The fourth-order valence-electron chi connectivity index (χ4n) is 2.89. The summed E-state index contributed by atoms with van der Waals surface area (Å²) in [6.07, 6.45) is 3.49. The molecular weight excluding hydrogens is 266 g/mol. The molecule has 0 spiro atoms. The number of phenols is 1. The van der Waals surface area contributed by atoms with Crippen molar-refractivity contribution in [3.05, 3.63) is 29.8 Å². The van der Waals surface area contributed by atoms with E-state index in [-0.39, 0.29) is 0 Å². The molecule has 0 aromatic heterocycles. The molecule has 0 radical (unpaired) electrons. The van der Waals surface area contributed by atoms with Crippen molar-refractivity contribution in [2.75, 3.05) is 13.1 Å². The summed E-state index contributed by atoms with van der Waals surface area (Å²) in [7, 11) is 0. The molecule has 4 nitrogen and oxygen atoms in total. The van der Waals surface area contributed by atoms with E-state index in [1.165, 1.54) is 5.56 Å². The van der Waals surface area contributed by atoms with Crippen LogP contribution in [0.4, 0.5) is 0 Å². The molecule has 0 saturated carbocycles. The van der Waals surface area contributed by atoms with Crippen molar-refractivity contribution in [1.29, 1.82) is 0 Å². The highest BCUT2D eigenvalue weighted by molar-refractivity contribution is 5.74. The number of hydrogen-bond acceptors (Lipinski definition) is 3. The van der Waals surface area contributed by atoms with Gasteiger partial charge in [0.1, 0.15) is 5.75 Å². The third-order valence-corrected chi connectivity index (χ3v) is 4.83. The van der Waals surface area contributed by atoms with E-state index in [2.05, 4.69) is 11.8 Å². The fraction of sp³-hybridized carbons (Fsp3) is 0.588. The molecule has 1 heterocycles. The molecule has 2 rings (SSSR count). The van der Waals surface area contributed by atoms with Gasteiger partial charge in [-0.1, -0.05) is 12.1 Å². The Morgan fingerprint density at radius 2 is 1.86 bits per heavy atom. The smallest absolute Gasteiger partial charge is 0.309 e. The van der Waals surface area contributed by atoms with Crippen molar-refractivity contribution in [2.24, 2.45) is 5.41 Å². The molecule has 4 heteroatoms. The minimum Gasteiger partial charge on any atom is -0.508 e. The summed E-state index contributed by atoms with van der Waals surface area (Å²) in [5.41, 5.74) is 0.680. The standard InChI is InChI=1S/C17H25NO3/c1-13(3-4-14-5-7-15(19)8-6-14)18-11-9-17(2,10-12-18)16(20)21/h5-8,13,19H,3-4,9-12H2,1-2H3,(H,20,21). The highest BCUT2D eigenvalue weighted by atomic mass is 16.4. The maximum Gasteiger partial charge on any atom is 0.309 e. The van der Waals surface area contributed by atoms with Crippen molar-refractivity contribution in [3.8, 4) is 5.75 Å². The number of carboxylic acid groups (broad SMARTS) is 1. The summed E-state index contributed by atoms with van der Waals surface area (Å²) in [6, 6.07) is 7.81. The van der Waals surface area contributed by atoms with Crippen molar-refractivity contribution in [1.82, 2.24) is 4.90 Å². The highest BCUT2D eigenvalue weighted by Gasteiger charge is 2.37. The van der Waals surface area contributed by atoms with Gasteiger partial charge in [-0.2, -0.15) is 0 Å². The number of carbonyl (C=O) groups is 1. The van der Waals surface area contributed by atoms with E-state index < -0.39 is 11.4 Å². The monoisotopic (exact) mass is 291 g/mol. The van der Waals surface area contributed by atoms with E-state index in [1.807, 2.05) is 19.1 Å². The van der Waals surface area contributed by atoms with Crippen LogP contribution in [0.2, 0.25) is 0 Å². The minimum absolute atomic E-state index is 0.302. The van der Waals surface area contributed by atoms with E-state index in [0.29, 0.717) is 11.8 Å². The fourth-order valence-corrected chi connectivity index (χ4v) is 2.89. The molecule has 21 heavy (non-hydrogen) atoms. The maximum absolute atomic E-state index is 11.3. The van der Waals surface area contributed by atoms with Crippen LogP contribution in [0.15, 0.2) is 24.3 Å². The number of aryl methyl sites for hydroxylation is 1. The Morgan fingerprint density at radius 3 is 2.38 bits per heavy atom. The predicted molar refractivity (Wildman–Crippen MR) is 82.4 cm³/mol. The normalized spacial score (nSPS) is 20.1. The second kappa shape index (κ2) is 6.48. The third-order valence-electron chi connectivity index (χ3n) is 4.83. The van der Waals surface area contributed by atoms with E-state index in [0.717, 1.165) is 38.8 Å². The quantitative estimate of drug-likeness (QED) is 0.875. The second-order valence-electron chi connectivity index (χ2n) is 6.46. The van der Waals surface area contributed by atoms with Crippen LogP contribution in [-0.4, -0.2) is 40.2 Å². The zero-order valence-electron chi connectivity index (χ0n) is 12.9. The molecular formula is C17H25NO3. The van der Waals surface area contributed by atoms with Crippen LogP contribution in [0.3, 0.4) is 0 Å². The zero-order valence-corrected chi connectivity index (χ0v) is 12.9. The Hall–Kier alpha value is -1.55. The summed E-state index contributed by atoms with van der Waals surface area (Å²) < 4.78 is 0. The molecule has 1 aliphatic heterocycles. The predicted octanol–water partition coefficient (Wildman–Crippen LogP) is 2.90. The zero-order chi connectivity index (χ0) is 15.5. The molecule has 1 aromatic rings. The number of phenolic OH excluding ortho intramolecular Hbond substituents is 1. The number of aromatic hydroxyl groups is 1. The van der Waals surface area contributed by atoms with E-state index in [4.69, 9.17) is 0 Å². The first-order valence-electron chi connectivity index (χ1n) is 7.66. The Bertz CT molecular complexity index is 475. The largest absolute Gasteiger partial charge is 0.508 e. The Morgan fingerprint density at radius 1 is 1.29 bits per heavy atom. The lowest BCUT2D eigenvalue weighted by Crippen LogP contribution is -2.46. The van der Waals surface area contributed by atoms with E-state index in [9.17, 15) is 15.0 Å². The lowest BCUT2D eigenvalue weighted by atomic mass is 9.80. The summed E-state index contributed by atoms with van der Waals surface area (Å²) >= 11 is 0. The van der Waals surface area contributed by atoms with E-state index in [1.54, 1.807) is 12.1 Å². The summed E-state index contributed by atoms with van der Waals surface area (Å²) in [4.78, 5) is 13.6. The number of carboxylic acids is 1. The lowest BCUT2D eigenvalue weighted by Gasteiger charge is -2.39. The number of rotatable bonds is 5. The van der Waals surface area contributed by atoms with Gasteiger partial charge in [0.15, 0.2) is 0 Å². The first-order valence-corrected chi connectivity index (χ1v) is 7.66. The number of benzene rings is 1. The minimum atomic E-state index is -0.668. The van der Waals surface area contributed by atoms with Gasteiger partial charge < -0.3 is 15.1 Å². The average Bonchev–Trinajstić information content (AvgIpc) is 2.47. The second-order valence-corrected chi connectivity index (χ2v) is 6.46. The van der Waals surface area contributed by atoms with Crippen molar-refractivity contribution < 1.29 is 15.0 Å². The summed E-state index contributed by atoms with van der Waals surface area (Å²) in [5.74, 6) is -0.366. The molecule has 0 bridgehead atoms. The summed E-state index contributed by atoms with van der Waals surface area (Å²) in [6.45, 7) is 5.79. The summed E-state index contributed by atoms with van der Waals surface area (Å²) in [5, 5.41) is 18.5. The topological polar surface area (TPSA) is 60.8 Å². The van der Waals surface area contributed by atoms with Crippen LogP contribution in [0.5, 0.6) is 5.75 Å². The number of nitrogens with zero attached hydrogens (tertiary/aromatic N) is 1. The van der Waals surface area contributed by atoms with Crippen LogP contribution < -0.4 is 0 Å². The molecule has 1 unspecified atom stereocenters. The van der Waals surface area contributed by atoms with Gasteiger partial charge in [0.2, 0.25) is 0 Å². The molecule has 1 saturated heterocycles. The van der Waals surface area contributed by atoms with Gasteiger partial charge in [0.25, 0.3) is 0 Å². The Labute approximate surface area is 126 Å². The lowest BCUT2D eigenvalue weighted by molar-refractivity contribution is -0.151. The van der Waals surface area contributed by atoms with Gasteiger partial charge in [0.05, 0.1) is 5.41 Å². The molecule has 0 amide bonds. The van der Waals surface area contributed by atoms with Gasteiger partial charge in [-0.05, 0) is 70.3 Å². The van der Waals surface area contributed by atoms with Crippen LogP contribution in [0, 0.1) is 5.41 Å². The van der Waals surface area contributed by atoms with Crippen molar-refractivity contribution in [2.45, 2.75) is 45.6 Å². The molecule has 116 valence electrons. The number of piperidine rings is 1. The SMILES string of the molecule is CC(CCc1ccc(O)cc1)N1CCC(C)(C(=O)O)CC1. The van der Waals surface area contributed by atoms with Crippen molar-refractivity contribution in [3.63, 3.8) is 0 Å². The molecule has 2 N–H and O–H groups in total. The highest BCUT2D eigenvalue weighted by Crippen LogP contribution is 2.32. The number of hydrogen-bond donors (Lipinski definition) is 2. The van der Waals surface area contributed by atoms with Gasteiger partial charge >= 0.3 is 5.97 Å². The first kappa shape index (κ1) is 15.8. The first-order chi connectivity index (χ1) is 9.90. The number of aliphatic carboxylic acids is 1.